The molecule has 0 saturated heterocycles. The summed E-state index contributed by atoms with van der Waals surface area (Å²) in [6.45, 7) is 0.922. The molecule has 0 atom stereocenters. The molecule has 0 aromatic carbocycles. The van der Waals surface area contributed by atoms with Gasteiger partial charge in [0.25, 0.3) is 0 Å². The maximum Gasteiger partial charge on any atom is 0.339 e. The SMILES string of the molecule is COC(=O)c1cncc(N(N)CCN)c1.Cl.Cl. The second kappa shape index (κ2) is 9.00. The molecule has 0 radical (unpaired) electrons. The number of anilines is 1. The number of hydrazine groups is 1. The van der Waals surface area contributed by atoms with Crippen LogP contribution < -0.4 is 16.6 Å². The van der Waals surface area contributed by atoms with Crippen LogP contribution in [0.2, 0.25) is 0 Å². The molecule has 0 unspecified atom stereocenters. The Balaban J connectivity index is 0. The van der Waals surface area contributed by atoms with Gasteiger partial charge < -0.3 is 15.5 Å². The molecule has 1 heterocycles. The second-order valence-corrected chi connectivity index (χ2v) is 2.91. The molecule has 17 heavy (non-hydrogen) atoms. The number of carbonyl (C=O) groups is 1. The van der Waals surface area contributed by atoms with Gasteiger partial charge in [0.05, 0.1) is 24.6 Å². The Hall–Kier alpha value is -1.08. The van der Waals surface area contributed by atoms with E-state index in [-0.39, 0.29) is 24.8 Å². The van der Waals surface area contributed by atoms with Crippen LogP contribution in [0, 0.1) is 0 Å². The zero-order chi connectivity index (χ0) is 11.3. The summed E-state index contributed by atoms with van der Waals surface area (Å²) in [7, 11) is 1.31. The zero-order valence-corrected chi connectivity index (χ0v) is 11.0. The van der Waals surface area contributed by atoms with Gasteiger partial charge in [-0.05, 0) is 6.07 Å². The summed E-state index contributed by atoms with van der Waals surface area (Å²) in [5.41, 5.74) is 6.35. The highest BCUT2D eigenvalue weighted by Gasteiger charge is 2.08. The van der Waals surface area contributed by atoms with Gasteiger partial charge >= 0.3 is 5.97 Å². The number of halogens is 2. The van der Waals surface area contributed by atoms with Crippen LogP contribution >= 0.6 is 24.8 Å². The number of pyridine rings is 1. The molecule has 0 aliphatic rings. The fraction of sp³-hybridized carbons (Fsp3) is 0.333. The highest BCUT2D eigenvalue weighted by atomic mass is 35.5. The Morgan fingerprint density at radius 3 is 2.65 bits per heavy atom. The fourth-order valence-corrected chi connectivity index (χ4v) is 1.08. The monoisotopic (exact) mass is 282 g/mol. The predicted molar refractivity (Wildman–Crippen MR) is 70.7 cm³/mol. The fourth-order valence-electron chi connectivity index (χ4n) is 1.08. The molecule has 0 amide bonds. The summed E-state index contributed by atoms with van der Waals surface area (Å²) in [6.07, 6.45) is 2.98. The summed E-state index contributed by atoms with van der Waals surface area (Å²) in [5.74, 6) is 5.24. The quantitative estimate of drug-likeness (QED) is 0.470. The van der Waals surface area contributed by atoms with Crippen molar-refractivity contribution in [2.24, 2.45) is 11.6 Å². The summed E-state index contributed by atoms with van der Waals surface area (Å²) in [6, 6.07) is 1.61. The number of nitrogens with zero attached hydrogens (tertiary/aromatic N) is 2. The van der Waals surface area contributed by atoms with Crippen LogP contribution in [0.25, 0.3) is 0 Å². The number of esters is 1. The third kappa shape index (κ3) is 5.18. The second-order valence-electron chi connectivity index (χ2n) is 2.91. The van der Waals surface area contributed by atoms with Crippen molar-refractivity contribution in [1.29, 1.82) is 0 Å². The van der Waals surface area contributed by atoms with Crippen LogP contribution in [0.1, 0.15) is 10.4 Å². The Morgan fingerprint density at radius 2 is 2.12 bits per heavy atom. The largest absolute Gasteiger partial charge is 0.465 e. The van der Waals surface area contributed by atoms with Gasteiger partial charge in [-0.1, -0.05) is 0 Å². The van der Waals surface area contributed by atoms with E-state index in [9.17, 15) is 4.79 Å². The van der Waals surface area contributed by atoms with Gasteiger partial charge in [0.1, 0.15) is 0 Å². The molecule has 0 bridgehead atoms. The van der Waals surface area contributed by atoms with Crippen LogP contribution in [0.4, 0.5) is 5.69 Å². The topological polar surface area (TPSA) is 94.5 Å². The minimum absolute atomic E-state index is 0. The highest BCUT2D eigenvalue weighted by molar-refractivity contribution is 5.89. The van der Waals surface area contributed by atoms with Crippen LogP contribution in [-0.2, 0) is 4.74 Å². The van der Waals surface area contributed by atoms with Crippen molar-refractivity contribution in [3.05, 3.63) is 24.0 Å². The van der Waals surface area contributed by atoms with Crippen LogP contribution in [0.5, 0.6) is 0 Å². The van der Waals surface area contributed by atoms with Crippen molar-refractivity contribution < 1.29 is 9.53 Å². The van der Waals surface area contributed by atoms with Gasteiger partial charge in [-0.25, -0.2) is 10.6 Å². The number of carbonyl (C=O) groups excluding carboxylic acids is 1. The van der Waals surface area contributed by atoms with E-state index in [1.54, 1.807) is 12.3 Å². The van der Waals surface area contributed by atoms with Gasteiger partial charge in [0, 0.05) is 19.3 Å². The molecule has 6 nitrogen and oxygen atoms in total. The average molecular weight is 283 g/mol. The van der Waals surface area contributed by atoms with Gasteiger partial charge in [0.2, 0.25) is 0 Å². The molecule has 0 spiro atoms. The van der Waals surface area contributed by atoms with Crippen molar-refractivity contribution in [2.45, 2.75) is 0 Å². The number of nitrogens with two attached hydrogens (primary N) is 2. The van der Waals surface area contributed by atoms with E-state index in [0.717, 1.165) is 0 Å². The summed E-state index contributed by atoms with van der Waals surface area (Å²) < 4.78 is 4.57. The Kier molecular flexibility index (Phi) is 9.69. The van der Waals surface area contributed by atoms with Gasteiger partial charge in [-0.2, -0.15) is 0 Å². The van der Waals surface area contributed by atoms with E-state index in [1.807, 2.05) is 0 Å². The Bertz CT molecular complexity index is 352. The number of hydrogen-bond acceptors (Lipinski definition) is 6. The van der Waals surface area contributed by atoms with E-state index in [1.165, 1.54) is 18.3 Å². The smallest absolute Gasteiger partial charge is 0.339 e. The lowest BCUT2D eigenvalue weighted by Gasteiger charge is -2.17. The number of methoxy groups -OCH3 is 1. The minimum Gasteiger partial charge on any atom is -0.465 e. The number of ether oxygens (including phenoxy) is 1. The van der Waals surface area contributed by atoms with E-state index in [2.05, 4.69) is 9.72 Å². The summed E-state index contributed by atoms with van der Waals surface area (Å²) >= 11 is 0. The van der Waals surface area contributed by atoms with Gasteiger partial charge in [-0.3, -0.25) is 4.98 Å². The molecular formula is C9H16Cl2N4O2. The molecule has 0 aliphatic heterocycles. The van der Waals surface area contributed by atoms with Crippen molar-refractivity contribution in [1.82, 2.24) is 4.98 Å². The molecule has 8 heteroatoms. The first kappa shape index (κ1) is 18.3. The molecule has 4 N–H and O–H groups in total. The standard InChI is InChI=1S/C9H14N4O2.2ClH/c1-15-9(14)7-4-8(6-12-5-7)13(11)3-2-10;;/h4-6H,2-3,10-11H2,1H3;2*1H. The third-order valence-corrected chi connectivity index (χ3v) is 1.85. The Morgan fingerprint density at radius 1 is 1.47 bits per heavy atom. The van der Waals surface area contributed by atoms with Crippen molar-refractivity contribution in [2.75, 3.05) is 25.2 Å². The van der Waals surface area contributed by atoms with Gasteiger partial charge in [0.15, 0.2) is 0 Å². The van der Waals surface area contributed by atoms with Crippen molar-refractivity contribution in [3.63, 3.8) is 0 Å². The maximum atomic E-state index is 11.2. The van der Waals surface area contributed by atoms with Crippen LogP contribution in [0.15, 0.2) is 18.5 Å². The lowest BCUT2D eigenvalue weighted by atomic mass is 10.2. The first-order valence-electron chi connectivity index (χ1n) is 4.44. The summed E-state index contributed by atoms with van der Waals surface area (Å²) in [4.78, 5) is 15.1. The van der Waals surface area contributed by atoms with E-state index in [4.69, 9.17) is 11.6 Å². The molecule has 98 valence electrons. The zero-order valence-electron chi connectivity index (χ0n) is 9.33. The van der Waals surface area contributed by atoms with Crippen molar-refractivity contribution in [3.8, 4) is 0 Å². The highest BCUT2D eigenvalue weighted by Crippen LogP contribution is 2.11. The molecular weight excluding hydrogens is 267 g/mol. The van der Waals surface area contributed by atoms with E-state index >= 15 is 0 Å². The van der Waals surface area contributed by atoms with Gasteiger partial charge in [-0.15, -0.1) is 24.8 Å². The third-order valence-electron chi connectivity index (χ3n) is 1.85. The van der Waals surface area contributed by atoms with Crippen LogP contribution in [0.3, 0.4) is 0 Å². The minimum atomic E-state index is -0.439. The molecule has 1 aromatic heterocycles. The molecule has 0 saturated carbocycles. The molecule has 0 fully saturated rings. The lowest BCUT2D eigenvalue weighted by molar-refractivity contribution is 0.0600. The molecule has 1 rings (SSSR count). The first-order valence-corrected chi connectivity index (χ1v) is 4.44. The summed E-state index contributed by atoms with van der Waals surface area (Å²) in [5, 5.41) is 1.43. The Labute approximate surface area is 112 Å². The van der Waals surface area contributed by atoms with E-state index < -0.39 is 5.97 Å². The van der Waals surface area contributed by atoms with E-state index in [0.29, 0.717) is 24.3 Å². The number of aromatic nitrogens is 1. The predicted octanol–water partition coefficient (Wildman–Crippen LogP) is 0.351. The normalized spacial score (nSPS) is 8.65. The number of hydrogen-bond donors (Lipinski definition) is 2. The number of rotatable bonds is 4. The lowest BCUT2D eigenvalue weighted by Crippen LogP contribution is -2.35. The first-order chi connectivity index (χ1) is 7.19. The maximum absolute atomic E-state index is 11.2. The van der Waals surface area contributed by atoms with Crippen molar-refractivity contribution >= 4 is 36.5 Å². The van der Waals surface area contributed by atoms with Crippen LogP contribution in [-0.4, -0.2) is 31.2 Å². The molecule has 0 aliphatic carbocycles. The average Bonchev–Trinajstić information content (AvgIpc) is 2.28. The molecule has 1 aromatic rings.